The van der Waals surface area contributed by atoms with E-state index in [1.165, 1.54) is 6.29 Å². The van der Waals surface area contributed by atoms with Crippen molar-refractivity contribution in [3.63, 3.8) is 0 Å². The average molecular weight is 279 g/mol. The van der Waals surface area contributed by atoms with E-state index in [0.717, 1.165) is 45.2 Å². The first-order valence-corrected chi connectivity index (χ1v) is 7.72. The summed E-state index contributed by atoms with van der Waals surface area (Å²) in [6, 6.07) is 0. The molecule has 0 aromatic carbocycles. The third kappa shape index (κ3) is 2.13. The predicted octanol–water partition coefficient (Wildman–Crippen LogP) is 3.00. The van der Waals surface area contributed by atoms with Gasteiger partial charge in [-0.05, 0) is 64.2 Å². The molecule has 0 spiro atoms. The maximum Gasteiger partial charge on any atom is 0.410 e. The summed E-state index contributed by atoms with van der Waals surface area (Å²) in [7, 11) is 0. The van der Waals surface area contributed by atoms with Crippen LogP contribution in [-0.2, 0) is 9.53 Å². The van der Waals surface area contributed by atoms with Crippen molar-refractivity contribution in [2.45, 2.75) is 58.5 Å². The van der Waals surface area contributed by atoms with Crippen LogP contribution >= 0.6 is 0 Å². The molecule has 0 aromatic rings. The SMILES string of the molecule is CC(C)(C)OC(=O)N1CCC(C23CC(C=O)(C2)C3)CC1. The van der Waals surface area contributed by atoms with E-state index in [4.69, 9.17) is 4.74 Å². The molecule has 0 N–H and O–H groups in total. The highest BCUT2D eigenvalue weighted by atomic mass is 16.6. The molecule has 1 heterocycles. The zero-order valence-corrected chi connectivity index (χ0v) is 12.8. The minimum Gasteiger partial charge on any atom is -0.444 e. The topological polar surface area (TPSA) is 46.6 Å². The van der Waals surface area contributed by atoms with E-state index in [2.05, 4.69) is 0 Å². The zero-order valence-electron chi connectivity index (χ0n) is 12.8. The summed E-state index contributed by atoms with van der Waals surface area (Å²) >= 11 is 0. The Hall–Kier alpha value is -1.06. The first-order chi connectivity index (χ1) is 9.28. The summed E-state index contributed by atoms with van der Waals surface area (Å²) in [5.41, 5.74) is 0.0847. The quantitative estimate of drug-likeness (QED) is 0.730. The molecule has 0 atom stereocenters. The number of aldehydes is 1. The monoisotopic (exact) mass is 279 g/mol. The van der Waals surface area contributed by atoms with E-state index >= 15 is 0 Å². The van der Waals surface area contributed by atoms with Gasteiger partial charge in [0, 0.05) is 18.5 Å². The van der Waals surface area contributed by atoms with Crippen molar-refractivity contribution in [1.29, 1.82) is 0 Å². The van der Waals surface area contributed by atoms with Gasteiger partial charge in [0.15, 0.2) is 0 Å². The normalized spacial score (nSPS) is 36.9. The smallest absolute Gasteiger partial charge is 0.410 e. The van der Waals surface area contributed by atoms with Crippen LogP contribution in [0.25, 0.3) is 0 Å². The summed E-state index contributed by atoms with van der Waals surface area (Å²) in [5, 5.41) is 0. The Balaban J connectivity index is 1.49. The van der Waals surface area contributed by atoms with Gasteiger partial charge >= 0.3 is 6.09 Å². The van der Waals surface area contributed by atoms with E-state index in [0.29, 0.717) is 11.3 Å². The van der Waals surface area contributed by atoms with Crippen molar-refractivity contribution < 1.29 is 14.3 Å². The van der Waals surface area contributed by atoms with E-state index in [1.54, 1.807) is 0 Å². The predicted molar refractivity (Wildman–Crippen MR) is 75.3 cm³/mol. The molecule has 4 fully saturated rings. The minimum atomic E-state index is -0.419. The fourth-order valence-electron chi connectivity index (χ4n) is 4.51. The third-order valence-corrected chi connectivity index (χ3v) is 5.38. The summed E-state index contributed by atoms with van der Waals surface area (Å²) in [6.07, 6.45) is 6.41. The zero-order chi connectivity index (χ0) is 14.6. The van der Waals surface area contributed by atoms with Crippen LogP contribution in [0, 0.1) is 16.7 Å². The van der Waals surface area contributed by atoms with Gasteiger partial charge < -0.3 is 14.4 Å². The van der Waals surface area contributed by atoms with Gasteiger partial charge in [0.25, 0.3) is 0 Å². The van der Waals surface area contributed by atoms with Gasteiger partial charge in [-0.15, -0.1) is 0 Å². The van der Waals surface area contributed by atoms with Gasteiger partial charge in [0.2, 0.25) is 0 Å². The largest absolute Gasteiger partial charge is 0.444 e. The second-order valence-corrected chi connectivity index (χ2v) is 8.11. The van der Waals surface area contributed by atoms with Crippen molar-refractivity contribution in [1.82, 2.24) is 4.90 Å². The Morgan fingerprint density at radius 2 is 1.75 bits per heavy atom. The number of hydrogen-bond donors (Lipinski definition) is 0. The van der Waals surface area contributed by atoms with Crippen molar-refractivity contribution in [3.05, 3.63) is 0 Å². The summed E-state index contributed by atoms with van der Waals surface area (Å²) in [6.45, 7) is 7.31. The number of ether oxygens (including phenoxy) is 1. The van der Waals surface area contributed by atoms with Crippen LogP contribution in [-0.4, -0.2) is 36.0 Å². The second-order valence-electron chi connectivity index (χ2n) is 8.11. The van der Waals surface area contributed by atoms with Crippen LogP contribution < -0.4 is 0 Å². The van der Waals surface area contributed by atoms with Gasteiger partial charge in [0.05, 0.1) is 0 Å². The average Bonchev–Trinajstić information content (AvgIpc) is 2.24. The number of rotatable bonds is 2. The first kappa shape index (κ1) is 13.9. The van der Waals surface area contributed by atoms with Gasteiger partial charge in [0.1, 0.15) is 11.9 Å². The van der Waals surface area contributed by atoms with Crippen LogP contribution in [0.1, 0.15) is 52.9 Å². The first-order valence-electron chi connectivity index (χ1n) is 7.72. The molecule has 4 heteroatoms. The molecule has 20 heavy (non-hydrogen) atoms. The molecular formula is C16H25NO3. The number of carbonyl (C=O) groups excluding carboxylic acids is 2. The number of carbonyl (C=O) groups is 2. The number of likely N-dealkylation sites (tertiary alicyclic amines) is 1. The molecular weight excluding hydrogens is 254 g/mol. The molecule has 4 nitrogen and oxygen atoms in total. The van der Waals surface area contributed by atoms with Gasteiger partial charge in [-0.1, -0.05) is 0 Å². The standard InChI is InChI=1S/C16H25NO3/c1-14(2,3)20-13(19)17-6-4-12(5-7-17)16-8-15(9-16,10-16)11-18/h11-12H,4-10H2,1-3H3. The molecule has 3 saturated carbocycles. The Morgan fingerprint density at radius 3 is 2.20 bits per heavy atom. The lowest BCUT2D eigenvalue weighted by molar-refractivity contribution is -0.224. The molecule has 0 radical (unpaired) electrons. The van der Waals surface area contributed by atoms with Gasteiger partial charge in [-0.3, -0.25) is 0 Å². The fourth-order valence-corrected chi connectivity index (χ4v) is 4.51. The van der Waals surface area contributed by atoms with Crippen LogP contribution in [0.2, 0.25) is 0 Å². The van der Waals surface area contributed by atoms with E-state index in [1.807, 2.05) is 25.7 Å². The molecule has 1 amide bonds. The van der Waals surface area contributed by atoms with Crippen molar-refractivity contribution in [2.75, 3.05) is 13.1 Å². The molecule has 1 saturated heterocycles. The molecule has 0 unspecified atom stereocenters. The Morgan fingerprint density at radius 1 is 1.20 bits per heavy atom. The maximum atomic E-state index is 12.0. The fraction of sp³-hybridized carbons (Fsp3) is 0.875. The summed E-state index contributed by atoms with van der Waals surface area (Å²) in [4.78, 5) is 24.8. The van der Waals surface area contributed by atoms with Crippen molar-refractivity contribution in [3.8, 4) is 0 Å². The number of amides is 1. The molecule has 1 aliphatic heterocycles. The second kappa shape index (κ2) is 4.22. The molecule has 3 aliphatic carbocycles. The lowest BCUT2D eigenvalue weighted by Gasteiger charge is -2.72. The molecule has 112 valence electrons. The molecule has 0 aromatic heterocycles. The Kier molecular flexibility index (Phi) is 2.93. The van der Waals surface area contributed by atoms with E-state index < -0.39 is 5.60 Å². The molecule has 2 bridgehead atoms. The highest BCUT2D eigenvalue weighted by molar-refractivity contribution is 5.68. The number of piperidine rings is 1. The maximum absolute atomic E-state index is 12.0. The van der Waals surface area contributed by atoms with Crippen molar-refractivity contribution in [2.24, 2.45) is 16.7 Å². The summed E-state index contributed by atoms with van der Waals surface area (Å²) in [5.74, 6) is 0.697. The van der Waals surface area contributed by atoms with Gasteiger partial charge in [-0.25, -0.2) is 4.79 Å². The minimum absolute atomic E-state index is 0.0578. The molecule has 4 aliphatic rings. The Labute approximate surface area is 120 Å². The highest BCUT2D eigenvalue weighted by Crippen LogP contribution is 2.76. The molecule has 4 rings (SSSR count). The van der Waals surface area contributed by atoms with Crippen LogP contribution in [0.4, 0.5) is 4.79 Å². The van der Waals surface area contributed by atoms with Crippen LogP contribution in [0.3, 0.4) is 0 Å². The van der Waals surface area contributed by atoms with Crippen LogP contribution in [0.5, 0.6) is 0 Å². The summed E-state index contributed by atoms with van der Waals surface area (Å²) < 4.78 is 5.42. The number of hydrogen-bond acceptors (Lipinski definition) is 3. The van der Waals surface area contributed by atoms with E-state index in [9.17, 15) is 9.59 Å². The highest BCUT2D eigenvalue weighted by Gasteiger charge is 2.70. The lowest BCUT2D eigenvalue weighted by Crippen LogP contribution is -2.66. The van der Waals surface area contributed by atoms with Gasteiger partial charge in [-0.2, -0.15) is 0 Å². The third-order valence-electron chi connectivity index (χ3n) is 5.38. The number of nitrogens with zero attached hydrogens (tertiary/aromatic N) is 1. The van der Waals surface area contributed by atoms with E-state index in [-0.39, 0.29) is 11.5 Å². The van der Waals surface area contributed by atoms with Crippen LogP contribution in [0.15, 0.2) is 0 Å². The Bertz CT molecular complexity index is 410. The lowest BCUT2D eigenvalue weighted by atomic mass is 9.32. The van der Waals surface area contributed by atoms with Crippen molar-refractivity contribution >= 4 is 12.4 Å².